The van der Waals surface area contributed by atoms with Crippen molar-refractivity contribution in [1.82, 2.24) is 9.97 Å². The molecule has 0 saturated heterocycles. The zero-order chi connectivity index (χ0) is 14.6. The quantitative estimate of drug-likeness (QED) is 0.653. The molecule has 1 aliphatic rings. The second-order valence-corrected chi connectivity index (χ2v) is 7.37. The monoisotopic (exact) mass is 364 g/mol. The average molecular weight is 365 g/mol. The maximum Gasteiger partial charge on any atom is 0.323 e. The van der Waals surface area contributed by atoms with Crippen molar-refractivity contribution in [3.8, 4) is 0 Å². The standard InChI is InChI=1S/C15H13BrN2O2S/c16-9-6-11-10(17-15(20)18-11)5-8(9)14(19)13-4-7-2-1-3-12(7)21-13/h4-6,14,19H,1-3H2,(H2,17,18,20). The number of aryl methyl sites for hydroxylation is 2. The lowest BCUT2D eigenvalue weighted by Gasteiger charge is -2.11. The Kier molecular flexibility index (Phi) is 3.06. The lowest BCUT2D eigenvalue weighted by molar-refractivity contribution is 0.223. The van der Waals surface area contributed by atoms with E-state index in [1.807, 2.05) is 12.1 Å². The molecule has 2 heterocycles. The molecule has 1 aromatic carbocycles. The van der Waals surface area contributed by atoms with E-state index in [4.69, 9.17) is 0 Å². The van der Waals surface area contributed by atoms with Crippen LogP contribution in [0.15, 0.2) is 27.5 Å². The first-order chi connectivity index (χ1) is 10.1. The summed E-state index contributed by atoms with van der Waals surface area (Å²) in [4.78, 5) is 19.2. The van der Waals surface area contributed by atoms with Crippen LogP contribution in [0.5, 0.6) is 0 Å². The Morgan fingerprint density at radius 1 is 1.19 bits per heavy atom. The summed E-state index contributed by atoms with van der Waals surface area (Å²) < 4.78 is 0.798. The van der Waals surface area contributed by atoms with Gasteiger partial charge in [-0.15, -0.1) is 11.3 Å². The summed E-state index contributed by atoms with van der Waals surface area (Å²) in [6.07, 6.45) is 2.79. The maximum absolute atomic E-state index is 11.4. The van der Waals surface area contributed by atoms with Crippen molar-refractivity contribution in [1.29, 1.82) is 0 Å². The van der Waals surface area contributed by atoms with Gasteiger partial charge in [0, 0.05) is 19.8 Å². The molecule has 0 radical (unpaired) electrons. The van der Waals surface area contributed by atoms with Crippen LogP contribution in [0.3, 0.4) is 0 Å². The molecular weight excluding hydrogens is 352 g/mol. The third-order valence-corrected chi connectivity index (χ3v) is 5.94. The minimum absolute atomic E-state index is 0.237. The minimum atomic E-state index is -0.669. The van der Waals surface area contributed by atoms with Gasteiger partial charge in [-0.25, -0.2) is 4.79 Å². The van der Waals surface area contributed by atoms with Crippen LogP contribution in [0.4, 0.5) is 0 Å². The van der Waals surface area contributed by atoms with Crippen LogP contribution in [0.1, 0.15) is 33.4 Å². The van der Waals surface area contributed by atoms with Gasteiger partial charge < -0.3 is 15.1 Å². The molecular formula is C15H13BrN2O2S. The fourth-order valence-electron chi connectivity index (χ4n) is 2.92. The van der Waals surface area contributed by atoms with Gasteiger partial charge >= 0.3 is 5.69 Å². The molecule has 6 heteroatoms. The Hall–Kier alpha value is -1.37. The summed E-state index contributed by atoms with van der Waals surface area (Å²) in [6, 6.07) is 5.77. The van der Waals surface area contributed by atoms with Crippen LogP contribution in [0, 0.1) is 0 Å². The second kappa shape index (κ2) is 4.83. The van der Waals surface area contributed by atoms with Crippen molar-refractivity contribution in [3.63, 3.8) is 0 Å². The molecule has 1 atom stereocenters. The Morgan fingerprint density at radius 2 is 1.95 bits per heavy atom. The highest BCUT2D eigenvalue weighted by molar-refractivity contribution is 9.10. The van der Waals surface area contributed by atoms with E-state index < -0.39 is 6.10 Å². The van der Waals surface area contributed by atoms with Crippen LogP contribution in [0.25, 0.3) is 11.0 Å². The van der Waals surface area contributed by atoms with Crippen molar-refractivity contribution in [3.05, 3.63) is 54.0 Å². The smallest absolute Gasteiger partial charge is 0.323 e. The zero-order valence-electron chi connectivity index (χ0n) is 11.1. The summed E-state index contributed by atoms with van der Waals surface area (Å²) in [5.74, 6) is 0. The van der Waals surface area contributed by atoms with Crippen molar-refractivity contribution in [2.24, 2.45) is 0 Å². The second-order valence-electron chi connectivity index (χ2n) is 5.35. The van der Waals surface area contributed by atoms with E-state index in [-0.39, 0.29) is 5.69 Å². The van der Waals surface area contributed by atoms with Gasteiger partial charge in [0.05, 0.1) is 11.0 Å². The average Bonchev–Trinajstić information content (AvgIpc) is 3.09. The highest BCUT2D eigenvalue weighted by Crippen LogP contribution is 2.38. The van der Waals surface area contributed by atoms with Crippen LogP contribution in [-0.2, 0) is 12.8 Å². The third kappa shape index (κ3) is 2.18. The molecule has 0 fully saturated rings. The lowest BCUT2D eigenvalue weighted by atomic mass is 10.1. The number of aromatic amines is 2. The van der Waals surface area contributed by atoms with E-state index in [0.29, 0.717) is 5.52 Å². The van der Waals surface area contributed by atoms with Gasteiger partial charge in [0.2, 0.25) is 0 Å². The molecule has 3 N–H and O–H groups in total. The Balaban J connectivity index is 1.80. The molecule has 0 spiro atoms. The van der Waals surface area contributed by atoms with Gasteiger partial charge in [0.1, 0.15) is 6.10 Å². The lowest BCUT2D eigenvalue weighted by Crippen LogP contribution is -1.99. The van der Waals surface area contributed by atoms with Gasteiger partial charge in [-0.3, -0.25) is 0 Å². The van der Waals surface area contributed by atoms with Crippen LogP contribution in [-0.4, -0.2) is 15.1 Å². The predicted octanol–water partition coefficient (Wildman–Crippen LogP) is 3.25. The molecule has 0 bridgehead atoms. The molecule has 108 valence electrons. The number of H-pyrrole nitrogens is 2. The molecule has 21 heavy (non-hydrogen) atoms. The SMILES string of the molecule is O=c1[nH]c2cc(Br)c(C(O)c3cc4c(s3)CCC4)cc2[nH]1. The van der Waals surface area contributed by atoms with E-state index in [2.05, 4.69) is 32.0 Å². The Bertz CT molecular complexity index is 871. The minimum Gasteiger partial charge on any atom is -0.383 e. The molecule has 4 nitrogen and oxygen atoms in total. The number of rotatable bonds is 2. The van der Waals surface area contributed by atoms with E-state index in [9.17, 15) is 9.90 Å². The molecule has 0 amide bonds. The fraction of sp³-hybridized carbons (Fsp3) is 0.267. The third-order valence-electron chi connectivity index (χ3n) is 3.96. The normalized spacial score (nSPS) is 15.5. The van der Waals surface area contributed by atoms with E-state index in [0.717, 1.165) is 33.3 Å². The van der Waals surface area contributed by atoms with Gasteiger partial charge in [-0.05, 0) is 43.0 Å². The molecule has 2 aromatic heterocycles. The first-order valence-corrected chi connectivity index (χ1v) is 8.44. The van der Waals surface area contributed by atoms with Gasteiger partial charge in [0.25, 0.3) is 0 Å². The number of hydrogen-bond acceptors (Lipinski definition) is 3. The van der Waals surface area contributed by atoms with Crippen LogP contribution in [0.2, 0.25) is 0 Å². The largest absolute Gasteiger partial charge is 0.383 e. The number of imidazole rings is 1. The summed E-state index contributed by atoms with van der Waals surface area (Å²) in [7, 11) is 0. The predicted molar refractivity (Wildman–Crippen MR) is 87.0 cm³/mol. The number of benzene rings is 1. The van der Waals surface area contributed by atoms with E-state index >= 15 is 0 Å². The highest BCUT2D eigenvalue weighted by atomic mass is 79.9. The topological polar surface area (TPSA) is 68.9 Å². The first kappa shape index (κ1) is 13.3. The number of aromatic nitrogens is 2. The van der Waals surface area contributed by atoms with Crippen molar-refractivity contribution >= 4 is 38.3 Å². The zero-order valence-corrected chi connectivity index (χ0v) is 13.5. The fourth-order valence-corrected chi connectivity index (χ4v) is 4.75. The van der Waals surface area contributed by atoms with Crippen molar-refractivity contribution < 1.29 is 5.11 Å². The number of halogens is 1. The number of aliphatic hydroxyl groups excluding tert-OH is 1. The number of aliphatic hydroxyl groups is 1. The summed E-state index contributed by atoms with van der Waals surface area (Å²) in [5.41, 5.74) is 3.36. The van der Waals surface area contributed by atoms with E-state index in [1.165, 1.54) is 16.9 Å². The molecule has 3 aromatic rings. The van der Waals surface area contributed by atoms with Gasteiger partial charge in [-0.1, -0.05) is 15.9 Å². The summed E-state index contributed by atoms with van der Waals surface area (Å²) in [5, 5.41) is 10.7. The van der Waals surface area contributed by atoms with Crippen LogP contribution < -0.4 is 5.69 Å². The number of fused-ring (bicyclic) bond motifs is 2. The molecule has 1 aliphatic carbocycles. The maximum atomic E-state index is 11.4. The highest BCUT2D eigenvalue weighted by Gasteiger charge is 2.22. The Labute approximate surface area is 133 Å². The van der Waals surface area contributed by atoms with Crippen molar-refractivity contribution in [2.45, 2.75) is 25.4 Å². The first-order valence-electron chi connectivity index (χ1n) is 6.83. The van der Waals surface area contributed by atoms with E-state index in [1.54, 1.807) is 11.3 Å². The molecule has 4 rings (SSSR count). The number of thiophene rings is 1. The van der Waals surface area contributed by atoms with Crippen LogP contribution >= 0.6 is 27.3 Å². The summed E-state index contributed by atoms with van der Waals surface area (Å²) >= 11 is 5.18. The number of nitrogens with one attached hydrogen (secondary N) is 2. The van der Waals surface area contributed by atoms with Gasteiger partial charge in [0.15, 0.2) is 0 Å². The van der Waals surface area contributed by atoms with Crippen molar-refractivity contribution in [2.75, 3.05) is 0 Å². The Morgan fingerprint density at radius 3 is 2.71 bits per heavy atom. The molecule has 0 aliphatic heterocycles. The summed E-state index contributed by atoms with van der Waals surface area (Å²) in [6.45, 7) is 0. The number of hydrogen-bond donors (Lipinski definition) is 3. The molecule has 0 saturated carbocycles. The molecule has 1 unspecified atom stereocenters. The van der Waals surface area contributed by atoms with Gasteiger partial charge in [-0.2, -0.15) is 0 Å².